The molecule has 3 rings (SSSR count). The fourth-order valence-electron chi connectivity index (χ4n) is 5.58. The quantitative estimate of drug-likeness (QED) is 0.346. The highest BCUT2D eigenvalue weighted by molar-refractivity contribution is 5.76. The van der Waals surface area contributed by atoms with Crippen molar-refractivity contribution in [3.05, 3.63) is 35.4 Å². The third-order valence-electron chi connectivity index (χ3n) is 7.45. The Morgan fingerprint density at radius 2 is 2.00 bits per heavy atom. The highest BCUT2D eigenvalue weighted by Crippen LogP contribution is 2.55. The molecule has 0 aromatic heterocycles. The monoisotopic (exact) mass is 441 g/mol. The zero-order valence-corrected chi connectivity index (χ0v) is 21.0. The molecule has 2 aliphatic rings. The van der Waals surface area contributed by atoms with Gasteiger partial charge in [0, 0.05) is 29.4 Å². The molecular formula is C28H43NO3. The van der Waals surface area contributed by atoms with Crippen molar-refractivity contribution >= 4 is 5.91 Å². The van der Waals surface area contributed by atoms with E-state index in [0.29, 0.717) is 18.1 Å². The zero-order valence-electron chi connectivity index (χ0n) is 21.0. The third kappa shape index (κ3) is 5.32. The first-order valence-electron chi connectivity index (χ1n) is 12.6. The average Bonchev–Trinajstić information content (AvgIpc) is 2.70. The van der Waals surface area contributed by atoms with Crippen LogP contribution in [0.1, 0.15) is 110 Å². The summed E-state index contributed by atoms with van der Waals surface area (Å²) in [5, 5.41) is 14.4. The van der Waals surface area contributed by atoms with Crippen LogP contribution in [0.5, 0.6) is 11.5 Å². The summed E-state index contributed by atoms with van der Waals surface area (Å²) >= 11 is 0. The highest BCUT2D eigenvalue weighted by atomic mass is 16.5. The Labute approximate surface area is 194 Å². The Morgan fingerprint density at radius 1 is 1.25 bits per heavy atom. The molecule has 0 saturated heterocycles. The van der Waals surface area contributed by atoms with Crippen molar-refractivity contribution < 1.29 is 14.6 Å². The van der Waals surface area contributed by atoms with Gasteiger partial charge in [-0.3, -0.25) is 4.79 Å². The van der Waals surface area contributed by atoms with E-state index in [-0.39, 0.29) is 28.9 Å². The van der Waals surface area contributed by atoms with Crippen LogP contribution < -0.4 is 10.1 Å². The molecule has 178 valence electrons. The molecule has 1 amide bonds. The number of rotatable bonds is 8. The van der Waals surface area contributed by atoms with Crippen LogP contribution in [0.2, 0.25) is 0 Å². The molecule has 4 heteroatoms. The van der Waals surface area contributed by atoms with Gasteiger partial charge in [0.2, 0.25) is 5.91 Å². The van der Waals surface area contributed by atoms with Crippen LogP contribution in [0.4, 0.5) is 0 Å². The van der Waals surface area contributed by atoms with Gasteiger partial charge in [-0.1, -0.05) is 52.7 Å². The Bertz CT molecular complexity index is 839. The van der Waals surface area contributed by atoms with E-state index in [1.165, 1.54) is 12.8 Å². The third-order valence-corrected chi connectivity index (χ3v) is 7.45. The standard InChI is InChI=1S/C28H43NO3/c1-7-9-10-11-15-27(3,4)19-16-23(30)26-21-18-20(29-25(31)12-8-2)13-14-22(21)28(5,6)32-24(26)17-19/h11,15-17,20-22,30H,7-10,12-14,18H2,1-6H3,(H,29,31)/t20-,21?,22?/m0/s1. The minimum Gasteiger partial charge on any atom is -0.508 e. The van der Waals surface area contributed by atoms with Gasteiger partial charge in [-0.25, -0.2) is 0 Å². The minimum absolute atomic E-state index is 0.138. The van der Waals surface area contributed by atoms with Crippen molar-refractivity contribution in [2.45, 2.75) is 116 Å². The van der Waals surface area contributed by atoms with Gasteiger partial charge in [0.25, 0.3) is 0 Å². The molecule has 4 nitrogen and oxygen atoms in total. The number of phenolic OH excluding ortho intramolecular Hbond substituents is 1. The second-order valence-corrected chi connectivity index (χ2v) is 10.9. The number of hydrogen-bond donors (Lipinski definition) is 2. The van der Waals surface area contributed by atoms with Gasteiger partial charge in [0.05, 0.1) is 0 Å². The van der Waals surface area contributed by atoms with Gasteiger partial charge in [-0.05, 0) is 69.6 Å². The molecule has 32 heavy (non-hydrogen) atoms. The minimum atomic E-state index is -0.303. The maximum absolute atomic E-state index is 12.2. The van der Waals surface area contributed by atoms with Crippen LogP contribution in [0.15, 0.2) is 24.3 Å². The lowest BCUT2D eigenvalue weighted by molar-refractivity contribution is -0.122. The van der Waals surface area contributed by atoms with Gasteiger partial charge in [0.1, 0.15) is 17.1 Å². The number of allylic oxidation sites excluding steroid dienone is 2. The topological polar surface area (TPSA) is 58.6 Å². The van der Waals surface area contributed by atoms with Crippen LogP contribution >= 0.6 is 0 Å². The normalized spacial score (nSPS) is 24.5. The summed E-state index contributed by atoms with van der Waals surface area (Å²) in [5.41, 5.74) is 1.51. The summed E-state index contributed by atoms with van der Waals surface area (Å²) in [7, 11) is 0. The number of phenols is 1. The predicted octanol–water partition coefficient (Wildman–Crippen LogP) is 6.76. The molecular weight excluding hydrogens is 398 g/mol. The molecule has 2 N–H and O–H groups in total. The number of fused-ring (bicyclic) bond motifs is 3. The first-order chi connectivity index (χ1) is 15.1. The lowest BCUT2D eigenvalue weighted by Crippen LogP contribution is -2.50. The first kappa shape index (κ1) is 24.7. The van der Waals surface area contributed by atoms with Crippen LogP contribution in [0, 0.1) is 5.92 Å². The Balaban J connectivity index is 1.90. The number of nitrogens with one attached hydrogen (secondary N) is 1. The summed E-state index contributed by atoms with van der Waals surface area (Å²) < 4.78 is 6.53. The Hall–Kier alpha value is -1.97. The molecule has 0 spiro atoms. The van der Waals surface area contributed by atoms with Crippen LogP contribution in [0.25, 0.3) is 0 Å². The molecule has 1 aliphatic heterocycles. The smallest absolute Gasteiger partial charge is 0.220 e. The van der Waals surface area contributed by atoms with Crippen molar-refractivity contribution in [2.75, 3.05) is 0 Å². The molecule has 0 radical (unpaired) electrons. The number of carbonyl (C=O) groups is 1. The van der Waals surface area contributed by atoms with Crippen molar-refractivity contribution in [3.8, 4) is 11.5 Å². The van der Waals surface area contributed by atoms with E-state index >= 15 is 0 Å². The molecule has 3 atom stereocenters. The van der Waals surface area contributed by atoms with Crippen LogP contribution in [-0.2, 0) is 10.2 Å². The summed E-state index contributed by atoms with van der Waals surface area (Å²) in [4.78, 5) is 12.2. The second-order valence-electron chi connectivity index (χ2n) is 10.9. The van der Waals surface area contributed by atoms with E-state index in [2.05, 4.69) is 58.2 Å². The summed E-state index contributed by atoms with van der Waals surface area (Å²) in [6.45, 7) is 13.0. The van der Waals surface area contributed by atoms with Crippen LogP contribution in [0.3, 0.4) is 0 Å². The largest absolute Gasteiger partial charge is 0.508 e. The van der Waals surface area contributed by atoms with Crippen molar-refractivity contribution in [2.24, 2.45) is 5.92 Å². The molecule has 0 bridgehead atoms. The molecule has 1 aliphatic carbocycles. The predicted molar refractivity (Wildman–Crippen MR) is 131 cm³/mol. The number of hydrogen-bond acceptors (Lipinski definition) is 3. The van der Waals surface area contributed by atoms with Crippen molar-refractivity contribution in [3.63, 3.8) is 0 Å². The molecule has 1 aromatic carbocycles. The lowest BCUT2D eigenvalue weighted by atomic mass is 9.65. The SMILES string of the molecule is CCCCC=CC(C)(C)c1cc(O)c2c(c1)OC(C)(C)C1CC[C@H](NC(=O)CCC)CC21. The average molecular weight is 442 g/mol. The number of aromatic hydroxyl groups is 1. The molecule has 1 aromatic rings. The molecule has 1 heterocycles. The first-order valence-corrected chi connectivity index (χ1v) is 12.6. The number of benzene rings is 1. The van der Waals surface area contributed by atoms with Gasteiger partial charge < -0.3 is 15.2 Å². The fraction of sp³-hybridized carbons (Fsp3) is 0.679. The zero-order chi connectivity index (χ0) is 23.5. The number of unbranched alkanes of at least 4 members (excludes halogenated alkanes) is 2. The van der Waals surface area contributed by atoms with E-state index in [0.717, 1.165) is 49.0 Å². The van der Waals surface area contributed by atoms with E-state index in [4.69, 9.17) is 4.74 Å². The molecule has 1 fully saturated rings. The Kier molecular flexibility index (Phi) is 7.62. The summed E-state index contributed by atoms with van der Waals surface area (Å²) in [6.07, 6.45) is 12.2. The van der Waals surface area contributed by atoms with Crippen LogP contribution in [-0.4, -0.2) is 22.7 Å². The van der Waals surface area contributed by atoms with Crippen molar-refractivity contribution in [1.82, 2.24) is 5.32 Å². The lowest BCUT2D eigenvalue weighted by Gasteiger charge is -2.49. The van der Waals surface area contributed by atoms with Gasteiger partial charge in [-0.2, -0.15) is 0 Å². The Morgan fingerprint density at radius 3 is 2.69 bits per heavy atom. The molecule has 1 saturated carbocycles. The van der Waals surface area contributed by atoms with E-state index in [9.17, 15) is 9.90 Å². The van der Waals surface area contributed by atoms with Gasteiger partial charge in [-0.15, -0.1) is 0 Å². The van der Waals surface area contributed by atoms with E-state index in [1.807, 2.05) is 13.0 Å². The van der Waals surface area contributed by atoms with Crippen molar-refractivity contribution in [1.29, 1.82) is 0 Å². The fourth-order valence-corrected chi connectivity index (χ4v) is 5.58. The summed E-state index contributed by atoms with van der Waals surface area (Å²) in [5.74, 6) is 1.79. The summed E-state index contributed by atoms with van der Waals surface area (Å²) in [6, 6.07) is 4.23. The van der Waals surface area contributed by atoms with E-state index in [1.54, 1.807) is 0 Å². The highest BCUT2D eigenvalue weighted by Gasteiger charge is 2.48. The maximum Gasteiger partial charge on any atom is 0.220 e. The number of ether oxygens (including phenoxy) is 1. The second kappa shape index (κ2) is 9.89. The number of carbonyl (C=O) groups excluding carboxylic acids is 1. The molecule has 2 unspecified atom stereocenters. The van der Waals surface area contributed by atoms with Gasteiger partial charge in [0.15, 0.2) is 0 Å². The van der Waals surface area contributed by atoms with E-state index < -0.39 is 0 Å². The number of amides is 1. The maximum atomic E-state index is 12.2. The van der Waals surface area contributed by atoms with Gasteiger partial charge >= 0.3 is 0 Å².